The number of thiazole rings is 1. The second-order valence-electron chi connectivity index (χ2n) is 6.16. The average molecular weight is 427 g/mol. The Morgan fingerprint density at radius 1 is 1.21 bits per heavy atom. The summed E-state index contributed by atoms with van der Waals surface area (Å²) < 4.78 is 5.26. The molecule has 0 saturated carbocycles. The van der Waals surface area contributed by atoms with E-state index in [-0.39, 0.29) is 11.9 Å². The fraction of sp³-hybridized carbons (Fsp3) is 0.136. The first-order chi connectivity index (χ1) is 14.0. The average Bonchev–Trinajstić information content (AvgIpc) is 3.16. The third kappa shape index (κ3) is 6.27. The molecule has 1 aromatic heterocycles. The summed E-state index contributed by atoms with van der Waals surface area (Å²) in [6.45, 7) is 1.92. The van der Waals surface area contributed by atoms with Gasteiger partial charge >= 0.3 is 5.97 Å². The molecule has 148 valence electrons. The van der Waals surface area contributed by atoms with Crippen molar-refractivity contribution in [2.75, 3.05) is 5.32 Å². The van der Waals surface area contributed by atoms with Crippen molar-refractivity contribution in [3.8, 4) is 17.0 Å². The fourth-order valence-electron chi connectivity index (χ4n) is 2.47. The first-order valence-electron chi connectivity index (χ1n) is 9.05. The number of nitrogens with one attached hydrogen (secondary N) is 1. The monoisotopic (exact) mass is 426 g/mol. The predicted molar refractivity (Wildman–Crippen MR) is 117 cm³/mol. The lowest BCUT2D eigenvalue weighted by atomic mass is 10.2. The van der Waals surface area contributed by atoms with Gasteiger partial charge in [-0.15, -0.1) is 11.3 Å². The highest BCUT2D eigenvalue weighted by Gasteiger charge is 2.07. The Kier molecular flexibility index (Phi) is 7.16. The van der Waals surface area contributed by atoms with Crippen LogP contribution in [0.15, 0.2) is 60.0 Å². The quantitative estimate of drug-likeness (QED) is 0.293. The van der Waals surface area contributed by atoms with Crippen molar-refractivity contribution in [2.24, 2.45) is 0 Å². The normalized spacial score (nSPS) is 10.8. The van der Waals surface area contributed by atoms with Gasteiger partial charge in [0.15, 0.2) is 5.13 Å². The van der Waals surface area contributed by atoms with Crippen molar-refractivity contribution in [2.45, 2.75) is 19.8 Å². The Balaban J connectivity index is 1.60. The van der Waals surface area contributed by atoms with Crippen LogP contribution in [0.1, 0.15) is 25.3 Å². The Hall–Kier alpha value is -2.96. The molecule has 5 nitrogen and oxygen atoms in total. The Bertz CT molecular complexity index is 1030. The first-order valence-corrected chi connectivity index (χ1v) is 10.3. The molecule has 1 N–H and O–H groups in total. The van der Waals surface area contributed by atoms with Crippen LogP contribution in [0.4, 0.5) is 5.13 Å². The number of aromatic nitrogens is 1. The number of benzene rings is 2. The molecular formula is C22H19ClN2O3S. The number of nitrogens with zero attached hydrogens (tertiary/aromatic N) is 1. The lowest BCUT2D eigenvalue weighted by molar-refractivity contribution is -0.134. The zero-order chi connectivity index (χ0) is 20.6. The summed E-state index contributed by atoms with van der Waals surface area (Å²) in [4.78, 5) is 28.2. The van der Waals surface area contributed by atoms with Crippen LogP contribution in [0.3, 0.4) is 0 Å². The molecule has 1 amide bonds. The van der Waals surface area contributed by atoms with E-state index in [0.717, 1.165) is 23.2 Å². The first kappa shape index (κ1) is 20.8. The molecule has 0 saturated heterocycles. The van der Waals surface area contributed by atoms with Crippen molar-refractivity contribution in [3.05, 3.63) is 70.6 Å². The van der Waals surface area contributed by atoms with Crippen LogP contribution in [0, 0.1) is 0 Å². The molecule has 0 aliphatic carbocycles. The van der Waals surface area contributed by atoms with E-state index in [2.05, 4.69) is 10.3 Å². The molecule has 0 radical (unpaired) electrons. The van der Waals surface area contributed by atoms with E-state index in [9.17, 15) is 9.59 Å². The molecule has 0 atom stereocenters. The number of amides is 1. The topological polar surface area (TPSA) is 68.3 Å². The third-order valence-corrected chi connectivity index (χ3v) is 4.86. The van der Waals surface area contributed by atoms with E-state index in [1.165, 1.54) is 17.4 Å². The highest BCUT2D eigenvalue weighted by molar-refractivity contribution is 7.14. The molecule has 2 aromatic carbocycles. The van der Waals surface area contributed by atoms with Gasteiger partial charge in [0, 0.05) is 28.5 Å². The number of anilines is 1. The molecule has 1 heterocycles. The zero-order valence-corrected chi connectivity index (χ0v) is 17.3. The molecular weight excluding hydrogens is 408 g/mol. The molecule has 0 unspecified atom stereocenters. The Labute approximate surface area is 178 Å². The van der Waals surface area contributed by atoms with Crippen molar-refractivity contribution in [1.29, 1.82) is 0 Å². The van der Waals surface area contributed by atoms with Gasteiger partial charge in [-0.3, -0.25) is 14.9 Å². The predicted octanol–water partition coefficient (Wildman–Crippen LogP) is 5.82. The van der Waals surface area contributed by atoms with Crippen LogP contribution in [0.5, 0.6) is 5.75 Å². The minimum absolute atomic E-state index is 0.272. The van der Waals surface area contributed by atoms with Crippen molar-refractivity contribution >= 4 is 46.0 Å². The van der Waals surface area contributed by atoms with E-state index >= 15 is 0 Å². The van der Waals surface area contributed by atoms with Gasteiger partial charge in [0.1, 0.15) is 5.75 Å². The summed E-state index contributed by atoms with van der Waals surface area (Å²) in [5.74, 6) is -0.111. The van der Waals surface area contributed by atoms with Gasteiger partial charge in [0.25, 0.3) is 0 Å². The molecule has 3 rings (SSSR count). The number of hydrogen-bond donors (Lipinski definition) is 1. The second-order valence-corrected chi connectivity index (χ2v) is 7.46. The summed E-state index contributed by atoms with van der Waals surface area (Å²) >= 11 is 7.25. The number of rotatable bonds is 7. The lowest BCUT2D eigenvalue weighted by Crippen LogP contribution is -2.07. The van der Waals surface area contributed by atoms with Crippen molar-refractivity contribution in [1.82, 2.24) is 4.98 Å². The molecule has 0 spiro atoms. The molecule has 3 aromatic rings. The summed E-state index contributed by atoms with van der Waals surface area (Å²) in [6.07, 6.45) is 4.17. The zero-order valence-electron chi connectivity index (χ0n) is 15.7. The van der Waals surface area contributed by atoms with Crippen LogP contribution in [0.2, 0.25) is 5.02 Å². The number of carbonyl (C=O) groups excluding carboxylic acids is 2. The number of esters is 1. The number of carbonyl (C=O) groups is 2. The summed E-state index contributed by atoms with van der Waals surface area (Å²) in [5, 5.41) is 5.78. The van der Waals surface area contributed by atoms with Gasteiger partial charge in [-0.1, -0.05) is 42.8 Å². The van der Waals surface area contributed by atoms with Gasteiger partial charge in [0.2, 0.25) is 5.91 Å². The van der Waals surface area contributed by atoms with Gasteiger partial charge < -0.3 is 4.74 Å². The minimum atomic E-state index is -0.296. The van der Waals surface area contributed by atoms with Crippen molar-refractivity contribution in [3.63, 3.8) is 0 Å². The minimum Gasteiger partial charge on any atom is -0.427 e. The highest BCUT2D eigenvalue weighted by atomic mass is 35.5. The summed E-state index contributed by atoms with van der Waals surface area (Å²) in [6, 6.07) is 14.4. The van der Waals surface area contributed by atoms with E-state index in [1.54, 1.807) is 36.4 Å². The number of ether oxygens (including phenoxy) is 1. The standard InChI is InChI=1S/C22H19ClN2O3S/c1-2-4-21(27)28-18-6-3-5-15(13-18)7-12-20(26)25-22-24-19(14-29-22)16-8-10-17(23)11-9-16/h3,5-14H,2,4H2,1H3,(H,24,25,26). The van der Waals surface area contributed by atoms with Crippen LogP contribution in [-0.2, 0) is 9.59 Å². The van der Waals surface area contributed by atoms with Crippen LogP contribution in [-0.4, -0.2) is 16.9 Å². The highest BCUT2D eigenvalue weighted by Crippen LogP contribution is 2.26. The smallest absolute Gasteiger partial charge is 0.311 e. The maximum Gasteiger partial charge on any atom is 0.311 e. The van der Waals surface area contributed by atoms with Crippen LogP contribution in [0.25, 0.3) is 17.3 Å². The maximum absolute atomic E-state index is 12.2. The van der Waals surface area contributed by atoms with Crippen LogP contribution < -0.4 is 10.1 Å². The van der Waals surface area contributed by atoms with Crippen LogP contribution >= 0.6 is 22.9 Å². The SMILES string of the molecule is CCCC(=O)Oc1cccc(C=CC(=O)Nc2nc(-c3ccc(Cl)cc3)cs2)c1. The molecule has 0 bridgehead atoms. The maximum atomic E-state index is 12.2. The fourth-order valence-corrected chi connectivity index (χ4v) is 3.32. The van der Waals surface area contributed by atoms with Gasteiger partial charge in [-0.25, -0.2) is 4.98 Å². The molecule has 0 aliphatic heterocycles. The third-order valence-electron chi connectivity index (χ3n) is 3.85. The van der Waals surface area contributed by atoms with E-state index in [1.807, 2.05) is 30.5 Å². The Morgan fingerprint density at radius 3 is 2.76 bits per heavy atom. The van der Waals surface area contributed by atoms with E-state index in [0.29, 0.717) is 22.3 Å². The number of halogens is 1. The van der Waals surface area contributed by atoms with E-state index < -0.39 is 0 Å². The van der Waals surface area contributed by atoms with Gasteiger partial charge in [-0.05, 0) is 42.3 Å². The number of hydrogen-bond acceptors (Lipinski definition) is 5. The lowest BCUT2D eigenvalue weighted by Gasteiger charge is -2.04. The Morgan fingerprint density at radius 2 is 2.00 bits per heavy atom. The second kappa shape index (κ2) is 10.0. The van der Waals surface area contributed by atoms with Gasteiger partial charge in [-0.2, -0.15) is 0 Å². The molecule has 29 heavy (non-hydrogen) atoms. The van der Waals surface area contributed by atoms with E-state index in [4.69, 9.17) is 16.3 Å². The van der Waals surface area contributed by atoms with Crippen molar-refractivity contribution < 1.29 is 14.3 Å². The van der Waals surface area contributed by atoms with Gasteiger partial charge in [0.05, 0.1) is 5.69 Å². The molecule has 0 fully saturated rings. The summed E-state index contributed by atoms with van der Waals surface area (Å²) in [7, 11) is 0. The molecule has 0 aliphatic rings. The molecule has 7 heteroatoms. The summed E-state index contributed by atoms with van der Waals surface area (Å²) in [5.41, 5.74) is 2.45. The largest absolute Gasteiger partial charge is 0.427 e.